The number of carbonyl (C=O) groups excluding carboxylic acids is 2. The minimum atomic E-state index is -1.12. The van der Waals surface area contributed by atoms with Gasteiger partial charge in [-0.05, 0) is 29.9 Å². The summed E-state index contributed by atoms with van der Waals surface area (Å²) in [7, 11) is 0. The third-order valence-electron chi connectivity index (χ3n) is 4.22. The lowest BCUT2D eigenvalue weighted by molar-refractivity contribution is -0.313. The average molecular weight is 271 g/mol. The number of aromatic nitrogens is 1. The Bertz CT molecular complexity index is 555. The van der Waals surface area contributed by atoms with E-state index < -0.39 is 17.8 Å². The van der Waals surface area contributed by atoms with E-state index >= 15 is 0 Å². The normalized spacial score (nSPS) is 30.4. The van der Waals surface area contributed by atoms with Gasteiger partial charge in [-0.25, -0.2) is 0 Å². The molecule has 0 unspecified atom stereocenters. The second-order valence-electron chi connectivity index (χ2n) is 5.40. The van der Waals surface area contributed by atoms with Crippen LogP contribution < -0.4 is 10.4 Å². The van der Waals surface area contributed by atoms with Gasteiger partial charge in [0, 0.05) is 30.8 Å². The third-order valence-corrected chi connectivity index (χ3v) is 4.22. The SMILES string of the molecule is O=C([O-])[C@@H]1[C@H](C(=O)NCc2cccnc2)[C@H]2C=C[C@@H]1C2. The monoisotopic (exact) mass is 271 g/mol. The number of allylic oxidation sites excluding steroid dienone is 2. The predicted octanol–water partition coefficient (Wildman–Crippen LogP) is -0.114. The van der Waals surface area contributed by atoms with Crippen molar-refractivity contribution < 1.29 is 14.7 Å². The number of amides is 1. The van der Waals surface area contributed by atoms with Crippen molar-refractivity contribution in [1.82, 2.24) is 10.3 Å². The summed E-state index contributed by atoms with van der Waals surface area (Å²) in [5.74, 6) is -2.57. The standard InChI is InChI=1S/C15H16N2O3/c18-14(17-8-9-2-1-5-16-7-9)12-10-3-4-11(6-10)13(12)15(19)20/h1-5,7,10-13H,6,8H2,(H,17,18)(H,19,20)/p-1/t10-,11+,12+,13-/m0/s1. The van der Waals surface area contributed by atoms with Gasteiger partial charge in [0.15, 0.2) is 0 Å². The molecule has 104 valence electrons. The number of nitrogens with zero attached hydrogens (tertiary/aromatic N) is 1. The molecule has 20 heavy (non-hydrogen) atoms. The zero-order valence-corrected chi connectivity index (χ0v) is 10.9. The summed E-state index contributed by atoms with van der Waals surface area (Å²) < 4.78 is 0. The maximum Gasteiger partial charge on any atom is 0.224 e. The Morgan fingerprint density at radius 1 is 1.30 bits per heavy atom. The van der Waals surface area contributed by atoms with Crippen molar-refractivity contribution in [1.29, 1.82) is 0 Å². The summed E-state index contributed by atoms with van der Waals surface area (Å²) in [6, 6.07) is 3.66. The van der Waals surface area contributed by atoms with Crippen LogP contribution in [0.5, 0.6) is 0 Å². The summed E-state index contributed by atoms with van der Waals surface area (Å²) in [4.78, 5) is 27.5. The summed E-state index contributed by atoms with van der Waals surface area (Å²) in [5.41, 5.74) is 0.893. The van der Waals surface area contributed by atoms with Gasteiger partial charge in [0.2, 0.25) is 5.91 Å². The first-order valence-electron chi connectivity index (χ1n) is 6.72. The molecule has 2 bridgehead atoms. The van der Waals surface area contributed by atoms with Crippen molar-refractivity contribution >= 4 is 11.9 Å². The first-order valence-corrected chi connectivity index (χ1v) is 6.72. The second-order valence-corrected chi connectivity index (χ2v) is 5.40. The lowest BCUT2D eigenvalue weighted by Gasteiger charge is -2.27. The lowest BCUT2D eigenvalue weighted by atomic mass is 9.82. The van der Waals surface area contributed by atoms with Crippen LogP contribution in [0.4, 0.5) is 0 Å². The highest BCUT2D eigenvalue weighted by molar-refractivity contribution is 5.86. The molecule has 1 N–H and O–H groups in total. The predicted molar refractivity (Wildman–Crippen MR) is 68.8 cm³/mol. The zero-order valence-electron chi connectivity index (χ0n) is 10.9. The molecule has 1 fully saturated rings. The van der Waals surface area contributed by atoms with E-state index in [1.54, 1.807) is 18.5 Å². The minimum Gasteiger partial charge on any atom is -0.550 e. The number of fused-ring (bicyclic) bond motifs is 2. The van der Waals surface area contributed by atoms with Crippen molar-refractivity contribution in [3.8, 4) is 0 Å². The van der Waals surface area contributed by atoms with Gasteiger partial charge in [-0.2, -0.15) is 0 Å². The van der Waals surface area contributed by atoms with Crippen LogP contribution in [0, 0.1) is 23.7 Å². The lowest BCUT2D eigenvalue weighted by Crippen LogP contribution is -2.44. The molecule has 2 aliphatic carbocycles. The molecular formula is C15H15N2O3-. The van der Waals surface area contributed by atoms with Crippen LogP contribution in [0.1, 0.15) is 12.0 Å². The molecule has 1 amide bonds. The summed E-state index contributed by atoms with van der Waals surface area (Å²) in [6.45, 7) is 0.365. The quantitative estimate of drug-likeness (QED) is 0.774. The van der Waals surface area contributed by atoms with Gasteiger partial charge in [0.25, 0.3) is 0 Å². The number of hydrogen-bond acceptors (Lipinski definition) is 4. The number of carbonyl (C=O) groups is 2. The van der Waals surface area contributed by atoms with Gasteiger partial charge in [0.05, 0.1) is 5.92 Å². The fourth-order valence-corrected chi connectivity index (χ4v) is 3.31. The highest BCUT2D eigenvalue weighted by atomic mass is 16.4. The molecule has 0 radical (unpaired) electrons. The molecule has 0 saturated heterocycles. The summed E-state index contributed by atoms with van der Waals surface area (Å²) in [5, 5.41) is 14.1. The summed E-state index contributed by atoms with van der Waals surface area (Å²) in [6.07, 6.45) is 7.94. The van der Waals surface area contributed by atoms with Crippen LogP contribution in [0.25, 0.3) is 0 Å². The number of nitrogens with one attached hydrogen (secondary N) is 1. The fourth-order valence-electron chi connectivity index (χ4n) is 3.31. The van der Waals surface area contributed by atoms with Crippen LogP contribution in [0.2, 0.25) is 0 Å². The average Bonchev–Trinajstić information content (AvgIpc) is 3.06. The highest BCUT2D eigenvalue weighted by Gasteiger charge is 2.48. The zero-order chi connectivity index (χ0) is 14.1. The molecule has 1 saturated carbocycles. The van der Waals surface area contributed by atoms with E-state index in [4.69, 9.17) is 0 Å². The van der Waals surface area contributed by atoms with Crippen LogP contribution in [-0.4, -0.2) is 16.9 Å². The Balaban J connectivity index is 1.68. The van der Waals surface area contributed by atoms with Gasteiger partial charge in [-0.15, -0.1) is 0 Å². The van der Waals surface area contributed by atoms with E-state index in [1.165, 1.54) is 0 Å². The molecular weight excluding hydrogens is 256 g/mol. The van der Waals surface area contributed by atoms with Crippen molar-refractivity contribution in [2.45, 2.75) is 13.0 Å². The molecule has 0 spiro atoms. The van der Waals surface area contributed by atoms with E-state index in [0.717, 1.165) is 12.0 Å². The molecule has 1 heterocycles. The highest BCUT2D eigenvalue weighted by Crippen LogP contribution is 2.47. The van der Waals surface area contributed by atoms with E-state index in [2.05, 4.69) is 10.3 Å². The van der Waals surface area contributed by atoms with Crippen LogP contribution in [0.15, 0.2) is 36.7 Å². The van der Waals surface area contributed by atoms with Crippen molar-refractivity contribution in [3.63, 3.8) is 0 Å². The van der Waals surface area contributed by atoms with Gasteiger partial charge < -0.3 is 15.2 Å². The molecule has 2 aliphatic rings. The van der Waals surface area contributed by atoms with E-state index in [1.807, 2.05) is 18.2 Å². The van der Waals surface area contributed by atoms with Crippen molar-refractivity contribution in [2.24, 2.45) is 23.7 Å². The Hall–Kier alpha value is -2.17. The molecule has 5 heteroatoms. The number of aliphatic carboxylic acids is 1. The number of hydrogen-bond donors (Lipinski definition) is 1. The minimum absolute atomic E-state index is 0.0248. The van der Waals surface area contributed by atoms with Gasteiger partial charge >= 0.3 is 0 Å². The van der Waals surface area contributed by atoms with Gasteiger partial charge in [0.1, 0.15) is 0 Å². The maximum absolute atomic E-state index is 12.3. The van der Waals surface area contributed by atoms with Crippen LogP contribution in [-0.2, 0) is 16.1 Å². The molecule has 1 aromatic rings. The van der Waals surface area contributed by atoms with Crippen molar-refractivity contribution in [2.75, 3.05) is 0 Å². The van der Waals surface area contributed by atoms with Crippen molar-refractivity contribution in [3.05, 3.63) is 42.2 Å². The van der Waals surface area contributed by atoms with Gasteiger partial charge in [-0.1, -0.05) is 18.2 Å². The first kappa shape index (κ1) is 12.8. The molecule has 5 nitrogen and oxygen atoms in total. The second kappa shape index (κ2) is 5.07. The maximum atomic E-state index is 12.3. The van der Waals surface area contributed by atoms with Gasteiger partial charge in [-0.3, -0.25) is 9.78 Å². The number of carboxylic acids is 1. The Kier molecular flexibility index (Phi) is 3.26. The Labute approximate surface area is 116 Å². The Morgan fingerprint density at radius 3 is 2.70 bits per heavy atom. The van der Waals surface area contributed by atoms with Crippen LogP contribution in [0.3, 0.4) is 0 Å². The number of carboxylic acid groups (broad SMARTS) is 1. The number of pyridine rings is 1. The molecule has 0 aliphatic heterocycles. The van der Waals surface area contributed by atoms with E-state index in [9.17, 15) is 14.7 Å². The smallest absolute Gasteiger partial charge is 0.224 e. The number of rotatable bonds is 4. The molecule has 4 atom stereocenters. The molecule has 1 aromatic heterocycles. The third kappa shape index (κ3) is 2.19. The summed E-state index contributed by atoms with van der Waals surface area (Å²) >= 11 is 0. The first-order chi connectivity index (χ1) is 9.66. The van der Waals surface area contributed by atoms with Crippen LogP contribution >= 0.6 is 0 Å². The topological polar surface area (TPSA) is 82.1 Å². The van der Waals surface area contributed by atoms with E-state index in [0.29, 0.717) is 6.54 Å². The van der Waals surface area contributed by atoms with E-state index in [-0.39, 0.29) is 17.7 Å². The molecule has 3 rings (SSSR count). The largest absolute Gasteiger partial charge is 0.550 e. The fraction of sp³-hybridized carbons (Fsp3) is 0.400. The Morgan fingerprint density at radius 2 is 2.05 bits per heavy atom. The molecule has 0 aromatic carbocycles.